The third-order valence-corrected chi connectivity index (χ3v) is 8.93. The van der Waals surface area contributed by atoms with E-state index in [0.717, 1.165) is 13.1 Å². The Morgan fingerprint density at radius 3 is 1.48 bits per heavy atom. The molecule has 6 atom stereocenters. The fourth-order valence-electron chi connectivity index (χ4n) is 6.05. The van der Waals surface area contributed by atoms with Crippen LogP contribution in [0.3, 0.4) is 0 Å². The molecule has 2 aliphatic heterocycles. The Hall–Kier alpha value is -3.00. The van der Waals surface area contributed by atoms with Crippen LogP contribution in [0.25, 0.3) is 0 Å². The van der Waals surface area contributed by atoms with E-state index in [1.54, 1.807) is 13.8 Å². The van der Waals surface area contributed by atoms with Gasteiger partial charge in [-0.15, -0.1) is 0 Å². The molecule has 0 radical (unpaired) electrons. The van der Waals surface area contributed by atoms with E-state index in [4.69, 9.17) is 9.47 Å². The zero-order valence-electron chi connectivity index (χ0n) is 28.0. The first kappa shape index (κ1) is 37.8. The average Bonchev–Trinajstić information content (AvgIpc) is 3.63. The molecular weight excluding hydrogens is 630 g/mol. The molecule has 0 unspecified atom stereocenters. The molecule has 0 spiro atoms. The van der Waals surface area contributed by atoms with Crippen LogP contribution in [0.1, 0.15) is 49.3 Å². The van der Waals surface area contributed by atoms with Gasteiger partial charge in [-0.25, -0.2) is 9.59 Å². The zero-order chi connectivity index (χ0) is 35.0. The van der Waals surface area contributed by atoms with Crippen LogP contribution >= 0.6 is 0 Å². The molecule has 2 saturated heterocycles. The van der Waals surface area contributed by atoms with Gasteiger partial charge in [0, 0.05) is 75.6 Å². The minimum Gasteiger partial charge on any atom is -0.394 e. The van der Waals surface area contributed by atoms with Crippen molar-refractivity contribution in [3.63, 3.8) is 0 Å². The van der Waals surface area contributed by atoms with E-state index in [2.05, 4.69) is 15.5 Å². The van der Waals surface area contributed by atoms with Crippen molar-refractivity contribution >= 4 is 0 Å². The summed E-state index contributed by atoms with van der Waals surface area (Å²) in [6.45, 7) is 7.19. The second-order valence-corrected chi connectivity index (χ2v) is 12.7. The first-order valence-corrected chi connectivity index (χ1v) is 16.6. The molecule has 0 amide bonds. The fraction of sp³-hybridized carbons (Fsp3) is 0.742. The molecule has 17 nitrogen and oxygen atoms in total. The number of hydrogen-bond acceptors (Lipinski definition) is 13. The molecule has 6 N–H and O–H groups in total. The maximum Gasteiger partial charge on any atom is 0.333 e. The normalized spacial score (nSPS) is 24.2. The molecule has 2 aromatic heterocycles. The summed E-state index contributed by atoms with van der Waals surface area (Å²) in [6.07, 6.45) is -0.487. The molecule has 2 aromatic rings. The summed E-state index contributed by atoms with van der Waals surface area (Å²) in [4.78, 5) is 53.5. The number of aromatic nitrogens is 4. The molecule has 17 heteroatoms. The number of rotatable bonds is 18. The first-order valence-electron chi connectivity index (χ1n) is 16.6. The number of hydrogen-bond donors (Lipinski definition) is 6. The Kier molecular flexibility index (Phi) is 13.9. The van der Waals surface area contributed by atoms with Gasteiger partial charge in [-0.3, -0.25) is 27.9 Å². The predicted molar refractivity (Wildman–Crippen MR) is 175 cm³/mol. The lowest BCUT2D eigenvalue weighted by Crippen LogP contribution is -2.42. The number of nitrogens with one attached hydrogen (secondary N) is 2. The summed E-state index contributed by atoms with van der Waals surface area (Å²) in [6, 6.07) is 0. The maximum absolute atomic E-state index is 13.0. The molecule has 0 bridgehead atoms. The van der Waals surface area contributed by atoms with Crippen molar-refractivity contribution in [2.45, 2.75) is 89.5 Å². The van der Waals surface area contributed by atoms with Crippen molar-refractivity contribution < 1.29 is 29.9 Å². The Morgan fingerprint density at radius 2 is 1.12 bits per heavy atom. The van der Waals surface area contributed by atoms with Crippen LogP contribution < -0.4 is 33.1 Å². The van der Waals surface area contributed by atoms with Crippen molar-refractivity contribution in [1.82, 2.24) is 33.8 Å². The summed E-state index contributed by atoms with van der Waals surface area (Å²) in [7, 11) is 2.00. The van der Waals surface area contributed by atoms with E-state index >= 15 is 0 Å². The molecule has 270 valence electrons. The largest absolute Gasteiger partial charge is 0.394 e. The van der Waals surface area contributed by atoms with Gasteiger partial charge >= 0.3 is 11.4 Å². The van der Waals surface area contributed by atoms with Gasteiger partial charge in [0.2, 0.25) is 0 Å². The Balaban J connectivity index is 1.12. The number of likely N-dealkylation sites (N-methyl/N-ethyl adjacent to an activating group) is 1. The Morgan fingerprint density at radius 1 is 0.729 bits per heavy atom. The van der Waals surface area contributed by atoms with E-state index in [1.165, 1.54) is 30.7 Å². The van der Waals surface area contributed by atoms with E-state index in [-0.39, 0.29) is 50.3 Å². The molecule has 0 aliphatic carbocycles. The topological polar surface area (TPSA) is 215 Å². The highest BCUT2D eigenvalue weighted by molar-refractivity contribution is 5.05. The highest BCUT2D eigenvalue weighted by Crippen LogP contribution is 2.28. The second-order valence-electron chi connectivity index (χ2n) is 12.7. The molecular formula is C31H51N7O10. The van der Waals surface area contributed by atoms with Crippen LogP contribution in [0.15, 0.2) is 31.6 Å². The fourth-order valence-corrected chi connectivity index (χ4v) is 6.05. The van der Waals surface area contributed by atoms with Crippen molar-refractivity contribution in [2.75, 3.05) is 59.5 Å². The van der Waals surface area contributed by atoms with Crippen LogP contribution in [-0.4, -0.2) is 128 Å². The average molecular weight is 682 g/mol. The molecule has 0 aromatic carbocycles. The van der Waals surface area contributed by atoms with Crippen LogP contribution in [0.5, 0.6) is 0 Å². The van der Waals surface area contributed by atoms with E-state index in [1.807, 2.05) is 7.05 Å². The minimum absolute atomic E-state index is 0.154. The van der Waals surface area contributed by atoms with Gasteiger partial charge in [0.05, 0.1) is 25.4 Å². The monoisotopic (exact) mass is 681 g/mol. The van der Waals surface area contributed by atoms with Crippen molar-refractivity contribution in [3.05, 3.63) is 65.2 Å². The van der Waals surface area contributed by atoms with E-state index in [0.29, 0.717) is 50.1 Å². The molecule has 2 fully saturated rings. The summed E-state index contributed by atoms with van der Waals surface area (Å²) in [5.41, 5.74) is -0.949. The molecule has 0 saturated carbocycles. The lowest BCUT2D eigenvalue weighted by atomic mass is 10.2. The Bertz CT molecular complexity index is 1470. The van der Waals surface area contributed by atoms with Crippen molar-refractivity contribution in [3.8, 4) is 0 Å². The van der Waals surface area contributed by atoms with Gasteiger partial charge in [0.15, 0.2) is 0 Å². The summed E-state index contributed by atoms with van der Waals surface area (Å²) in [5.74, 6) is 0. The van der Waals surface area contributed by atoms with Gasteiger partial charge in [0.25, 0.3) is 11.1 Å². The van der Waals surface area contributed by atoms with Gasteiger partial charge < -0.3 is 45.4 Å². The van der Waals surface area contributed by atoms with E-state index < -0.39 is 48.3 Å². The van der Waals surface area contributed by atoms with Crippen LogP contribution in [-0.2, 0) is 22.6 Å². The quantitative estimate of drug-likeness (QED) is 0.0858. The van der Waals surface area contributed by atoms with Gasteiger partial charge in [-0.2, -0.15) is 0 Å². The number of nitrogens with zero attached hydrogens (tertiary/aromatic N) is 5. The number of aliphatic hydroxyl groups excluding tert-OH is 4. The lowest BCUT2D eigenvalue weighted by Gasteiger charge is -2.18. The van der Waals surface area contributed by atoms with Crippen LogP contribution in [0.4, 0.5) is 0 Å². The summed E-state index contributed by atoms with van der Waals surface area (Å²) >= 11 is 0. The van der Waals surface area contributed by atoms with Crippen LogP contribution in [0, 0.1) is 13.8 Å². The smallest absolute Gasteiger partial charge is 0.333 e. The second kappa shape index (κ2) is 17.6. The van der Waals surface area contributed by atoms with Crippen molar-refractivity contribution in [2.24, 2.45) is 0 Å². The summed E-state index contributed by atoms with van der Waals surface area (Å²) < 4.78 is 16.2. The third kappa shape index (κ3) is 9.16. The number of aryl methyl sites for hydroxylation is 2. The maximum atomic E-state index is 13.0. The highest BCUT2D eigenvalue weighted by Gasteiger charge is 2.36. The first-order chi connectivity index (χ1) is 23.0. The minimum atomic E-state index is -0.888. The SMILES string of the molecule is Cc1cn([C@H]2C[C@H](O)[C@@H](CO)O2)c(=O)n(CCCNCCN(C)CCNCCCn2c(=O)c(C)cn([C@H]3C[C@H](O)[C@@H](CO)O3)c2=O)c1=O. The zero-order valence-corrected chi connectivity index (χ0v) is 28.0. The van der Waals surface area contributed by atoms with Gasteiger partial charge in [-0.05, 0) is 46.8 Å². The highest BCUT2D eigenvalue weighted by atomic mass is 16.5. The number of ether oxygens (including phenoxy) is 2. The lowest BCUT2D eigenvalue weighted by molar-refractivity contribution is -0.0464. The molecule has 4 heterocycles. The van der Waals surface area contributed by atoms with Gasteiger partial charge in [-0.1, -0.05) is 0 Å². The molecule has 4 rings (SSSR count). The molecule has 48 heavy (non-hydrogen) atoms. The summed E-state index contributed by atoms with van der Waals surface area (Å²) in [5, 5.41) is 45.5. The number of aliphatic hydroxyl groups is 4. The Labute approximate surface area is 277 Å². The van der Waals surface area contributed by atoms with Crippen molar-refractivity contribution in [1.29, 1.82) is 0 Å². The van der Waals surface area contributed by atoms with Crippen LogP contribution in [0.2, 0.25) is 0 Å². The predicted octanol–water partition coefficient (Wildman–Crippen LogP) is -3.18. The van der Waals surface area contributed by atoms with Gasteiger partial charge in [0.1, 0.15) is 24.7 Å². The van der Waals surface area contributed by atoms with E-state index in [9.17, 15) is 39.6 Å². The standard InChI is InChI=1S/C31H51N7O10/c1-20-16-37(26-14-22(41)24(18-39)47-26)30(45)35(28(20)43)10-4-6-32-8-12-34(3)13-9-33-7-5-11-36-29(44)21(2)17-38(31(36)46)27-15-23(42)25(19-40)48-27/h16-17,22-27,32-33,39-42H,4-15,18-19H2,1-3H3/t22-,23-,24+,25+,26+,27+/m0/s1. The third-order valence-electron chi connectivity index (χ3n) is 8.93. The molecule has 2 aliphatic rings.